The number of pyridine rings is 1. The van der Waals surface area contributed by atoms with Crippen molar-refractivity contribution in [3.8, 4) is 6.19 Å². The monoisotopic (exact) mass is 319 g/mol. The zero-order valence-corrected chi connectivity index (χ0v) is 13.7. The first-order valence-electron chi connectivity index (χ1n) is 8.48. The third-order valence-corrected chi connectivity index (χ3v) is 4.93. The molecule has 2 aromatic rings. The van der Waals surface area contributed by atoms with Crippen LogP contribution in [0, 0.1) is 17.4 Å². The van der Waals surface area contributed by atoms with Crippen LogP contribution in [0.1, 0.15) is 17.5 Å². The largest absolute Gasteiger partial charge is 0.385 e. The van der Waals surface area contributed by atoms with Gasteiger partial charge in [-0.05, 0) is 29.5 Å². The first-order chi connectivity index (χ1) is 11.8. The van der Waals surface area contributed by atoms with Crippen LogP contribution >= 0.6 is 0 Å². The highest BCUT2D eigenvalue weighted by Gasteiger charge is 2.22. The lowest BCUT2D eigenvalue weighted by atomic mass is 10.1. The summed E-state index contributed by atoms with van der Waals surface area (Å²) in [6.07, 6.45) is 5.19. The van der Waals surface area contributed by atoms with Gasteiger partial charge in [-0.1, -0.05) is 24.3 Å². The number of hydrogen-bond acceptors (Lipinski definition) is 5. The smallest absolute Gasteiger partial charge is 0.179 e. The zero-order valence-electron chi connectivity index (χ0n) is 13.7. The van der Waals surface area contributed by atoms with Crippen molar-refractivity contribution in [2.45, 2.75) is 19.5 Å². The van der Waals surface area contributed by atoms with Crippen molar-refractivity contribution >= 4 is 11.5 Å². The van der Waals surface area contributed by atoms with Gasteiger partial charge < -0.3 is 15.1 Å². The van der Waals surface area contributed by atoms with Crippen LogP contribution in [-0.4, -0.2) is 29.5 Å². The van der Waals surface area contributed by atoms with E-state index in [1.807, 2.05) is 17.2 Å². The number of rotatable bonds is 4. The molecule has 0 amide bonds. The number of hydrogen-bond donors (Lipinski definition) is 1. The SMILES string of the molecule is N#CN1CCC(CNc2ccnc(N3Cc4ccccc4C3)c2)C1. The van der Waals surface area contributed by atoms with Crippen molar-refractivity contribution in [2.75, 3.05) is 29.9 Å². The van der Waals surface area contributed by atoms with E-state index in [1.165, 1.54) is 11.1 Å². The lowest BCUT2D eigenvalue weighted by Crippen LogP contribution is -2.19. The third kappa shape index (κ3) is 3.00. The highest BCUT2D eigenvalue weighted by atomic mass is 15.2. The number of fused-ring (bicyclic) bond motifs is 1. The fraction of sp³-hybridized carbons (Fsp3) is 0.368. The highest BCUT2D eigenvalue weighted by molar-refractivity contribution is 5.55. The van der Waals surface area contributed by atoms with E-state index in [9.17, 15) is 0 Å². The minimum atomic E-state index is 0.539. The Balaban J connectivity index is 1.39. The Morgan fingerprint density at radius 2 is 2.00 bits per heavy atom. The van der Waals surface area contributed by atoms with E-state index in [2.05, 4.69) is 51.7 Å². The second kappa shape index (κ2) is 6.40. The molecule has 1 saturated heterocycles. The minimum absolute atomic E-state index is 0.539. The average molecular weight is 319 g/mol. The summed E-state index contributed by atoms with van der Waals surface area (Å²) in [4.78, 5) is 8.69. The van der Waals surface area contributed by atoms with E-state index >= 15 is 0 Å². The fourth-order valence-corrected chi connectivity index (χ4v) is 3.55. The standard InChI is InChI=1S/C19H21N5/c20-14-23-8-6-15(11-23)10-22-18-5-7-21-19(9-18)24-12-16-3-1-2-4-17(16)13-24/h1-5,7,9,15H,6,8,10-13H2,(H,21,22). The topological polar surface area (TPSA) is 55.2 Å². The molecule has 1 unspecified atom stereocenters. The summed E-state index contributed by atoms with van der Waals surface area (Å²) in [6.45, 7) is 4.50. The summed E-state index contributed by atoms with van der Waals surface area (Å²) in [6, 6.07) is 12.7. The summed E-state index contributed by atoms with van der Waals surface area (Å²) in [7, 11) is 0. The average Bonchev–Trinajstić information content (AvgIpc) is 3.26. The molecular weight excluding hydrogens is 298 g/mol. The molecule has 1 aromatic carbocycles. The predicted molar refractivity (Wildman–Crippen MR) is 94.3 cm³/mol. The number of aromatic nitrogens is 1. The van der Waals surface area contributed by atoms with Crippen molar-refractivity contribution in [3.05, 3.63) is 53.7 Å². The molecule has 0 radical (unpaired) electrons. The van der Waals surface area contributed by atoms with Gasteiger partial charge in [0.2, 0.25) is 0 Å². The molecule has 0 spiro atoms. The van der Waals surface area contributed by atoms with Gasteiger partial charge in [0.05, 0.1) is 0 Å². The van der Waals surface area contributed by atoms with E-state index in [-0.39, 0.29) is 0 Å². The van der Waals surface area contributed by atoms with Gasteiger partial charge in [0.1, 0.15) is 5.82 Å². The molecule has 0 bridgehead atoms. The molecule has 5 heteroatoms. The summed E-state index contributed by atoms with van der Waals surface area (Å²) in [5, 5.41) is 12.5. The number of benzene rings is 1. The molecule has 1 N–H and O–H groups in total. The van der Waals surface area contributed by atoms with Crippen molar-refractivity contribution < 1.29 is 0 Å². The van der Waals surface area contributed by atoms with Crippen LogP contribution in [-0.2, 0) is 13.1 Å². The molecule has 1 aromatic heterocycles. The predicted octanol–water partition coefficient (Wildman–Crippen LogP) is 2.82. The summed E-state index contributed by atoms with van der Waals surface area (Å²) in [5.41, 5.74) is 3.88. The maximum atomic E-state index is 8.94. The van der Waals surface area contributed by atoms with E-state index < -0.39 is 0 Å². The Morgan fingerprint density at radius 1 is 1.21 bits per heavy atom. The highest BCUT2D eigenvalue weighted by Crippen LogP contribution is 2.28. The number of likely N-dealkylation sites (tertiary alicyclic amines) is 1. The Kier molecular flexibility index (Phi) is 3.96. The molecule has 1 fully saturated rings. The molecule has 4 rings (SSSR count). The maximum absolute atomic E-state index is 8.94. The molecule has 122 valence electrons. The molecule has 2 aliphatic heterocycles. The molecular formula is C19H21N5. The van der Waals surface area contributed by atoms with Crippen LogP contribution < -0.4 is 10.2 Å². The van der Waals surface area contributed by atoms with Crippen LogP contribution in [0.3, 0.4) is 0 Å². The zero-order chi connectivity index (χ0) is 16.4. The lowest BCUT2D eigenvalue weighted by molar-refractivity contribution is 0.461. The van der Waals surface area contributed by atoms with Crippen LogP contribution in [0.2, 0.25) is 0 Å². The van der Waals surface area contributed by atoms with Gasteiger partial charge in [-0.3, -0.25) is 0 Å². The molecule has 0 saturated carbocycles. The minimum Gasteiger partial charge on any atom is -0.385 e. The molecule has 0 aliphatic carbocycles. The van der Waals surface area contributed by atoms with E-state index in [0.29, 0.717) is 5.92 Å². The number of nitrogens with zero attached hydrogens (tertiary/aromatic N) is 4. The normalized spacial score (nSPS) is 19.2. The van der Waals surface area contributed by atoms with Crippen LogP contribution in [0.15, 0.2) is 42.6 Å². The van der Waals surface area contributed by atoms with Gasteiger partial charge in [-0.2, -0.15) is 5.26 Å². The van der Waals surface area contributed by atoms with Gasteiger partial charge in [0.25, 0.3) is 0 Å². The second-order valence-electron chi connectivity index (χ2n) is 6.61. The molecule has 3 heterocycles. The fourth-order valence-electron chi connectivity index (χ4n) is 3.55. The summed E-state index contributed by atoms with van der Waals surface area (Å²) >= 11 is 0. The van der Waals surface area contributed by atoms with Crippen LogP contribution in [0.5, 0.6) is 0 Å². The van der Waals surface area contributed by atoms with Gasteiger partial charge >= 0.3 is 0 Å². The van der Waals surface area contributed by atoms with Crippen molar-refractivity contribution in [2.24, 2.45) is 5.92 Å². The van der Waals surface area contributed by atoms with Crippen LogP contribution in [0.25, 0.3) is 0 Å². The quantitative estimate of drug-likeness (QED) is 0.878. The third-order valence-electron chi connectivity index (χ3n) is 4.93. The second-order valence-corrected chi connectivity index (χ2v) is 6.61. The molecule has 5 nitrogen and oxygen atoms in total. The molecule has 24 heavy (non-hydrogen) atoms. The lowest BCUT2D eigenvalue weighted by Gasteiger charge is -2.18. The molecule has 2 aliphatic rings. The summed E-state index contributed by atoms with van der Waals surface area (Å²) in [5.74, 6) is 1.55. The molecule has 1 atom stereocenters. The maximum Gasteiger partial charge on any atom is 0.179 e. The number of anilines is 2. The summed E-state index contributed by atoms with van der Waals surface area (Å²) < 4.78 is 0. The van der Waals surface area contributed by atoms with E-state index in [4.69, 9.17) is 5.26 Å². The van der Waals surface area contributed by atoms with E-state index in [1.54, 1.807) is 0 Å². The van der Waals surface area contributed by atoms with Crippen molar-refractivity contribution in [1.29, 1.82) is 5.26 Å². The van der Waals surface area contributed by atoms with Gasteiger partial charge in [-0.25, -0.2) is 4.98 Å². The Morgan fingerprint density at radius 3 is 2.71 bits per heavy atom. The van der Waals surface area contributed by atoms with Gasteiger partial charge in [0.15, 0.2) is 6.19 Å². The van der Waals surface area contributed by atoms with Gasteiger partial charge in [-0.15, -0.1) is 0 Å². The Hall–Kier alpha value is -2.74. The van der Waals surface area contributed by atoms with Crippen molar-refractivity contribution in [3.63, 3.8) is 0 Å². The number of nitrogens with one attached hydrogen (secondary N) is 1. The van der Waals surface area contributed by atoms with Gasteiger partial charge in [0, 0.05) is 50.7 Å². The Bertz CT molecular complexity index is 741. The van der Waals surface area contributed by atoms with Crippen molar-refractivity contribution in [1.82, 2.24) is 9.88 Å². The van der Waals surface area contributed by atoms with Crippen LogP contribution in [0.4, 0.5) is 11.5 Å². The van der Waals surface area contributed by atoms with E-state index in [0.717, 1.165) is 50.6 Å². The Labute approximate surface area is 142 Å². The first-order valence-corrected chi connectivity index (χ1v) is 8.48. The first kappa shape index (κ1) is 14.8. The number of nitriles is 1.